The highest BCUT2D eigenvalue weighted by molar-refractivity contribution is 6.35. The van der Waals surface area contributed by atoms with Crippen molar-refractivity contribution in [3.8, 4) is 0 Å². The van der Waals surface area contributed by atoms with Crippen molar-refractivity contribution < 1.29 is 23.9 Å². The fourth-order valence-electron chi connectivity index (χ4n) is 5.63. The Kier molecular flexibility index (Phi) is 4.61. The van der Waals surface area contributed by atoms with Crippen molar-refractivity contribution in [2.75, 3.05) is 6.54 Å². The molecule has 3 aromatic rings. The lowest BCUT2D eigenvalue weighted by Crippen LogP contribution is -2.51. The van der Waals surface area contributed by atoms with Gasteiger partial charge in [-0.2, -0.15) is 0 Å². The van der Waals surface area contributed by atoms with Gasteiger partial charge in [-0.25, -0.2) is 0 Å². The third-order valence-electron chi connectivity index (χ3n) is 7.21. The fourth-order valence-corrected chi connectivity index (χ4v) is 5.63. The third-order valence-corrected chi connectivity index (χ3v) is 7.21. The van der Waals surface area contributed by atoms with Crippen molar-refractivity contribution >= 4 is 23.4 Å². The number of Topliss-reactive ketones (excluding diaryl/α,β-unsaturated/α-hetero) is 2. The van der Waals surface area contributed by atoms with E-state index in [4.69, 9.17) is 4.74 Å². The van der Waals surface area contributed by atoms with Crippen LogP contribution in [0.1, 0.15) is 37.9 Å². The summed E-state index contributed by atoms with van der Waals surface area (Å²) >= 11 is 0. The number of carbonyl (C=O) groups excluding carboxylic acids is 4. The highest BCUT2D eigenvalue weighted by Gasteiger charge is 2.74. The average Bonchev–Trinajstić information content (AvgIpc) is 3.44. The molecule has 2 saturated heterocycles. The molecule has 2 amide bonds. The Bertz CT molecular complexity index is 1300. The molecule has 6 heteroatoms. The van der Waals surface area contributed by atoms with E-state index in [0.717, 1.165) is 5.56 Å². The number of ketones is 2. The maximum Gasteiger partial charge on any atom is 0.237 e. The summed E-state index contributed by atoms with van der Waals surface area (Å²) in [7, 11) is 0. The molecule has 3 atom stereocenters. The maximum absolute atomic E-state index is 13.7. The Labute approximate surface area is 196 Å². The van der Waals surface area contributed by atoms with Gasteiger partial charge in [-0.15, -0.1) is 0 Å². The van der Waals surface area contributed by atoms with Crippen LogP contribution >= 0.6 is 0 Å². The number of carbonyl (C=O) groups is 4. The van der Waals surface area contributed by atoms with Crippen molar-refractivity contribution in [2.24, 2.45) is 11.8 Å². The minimum atomic E-state index is -2.01. The number of nitrogens with zero attached hydrogens (tertiary/aromatic N) is 1. The Morgan fingerprint density at radius 2 is 1.26 bits per heavy atom. The summed E-state index contributed by atoms with van der Waals surface area (Å²) in [5.41, 5.74) is 0.123. The third kappa shape index (κ3) is 2.72. The van der Waals surface area contributed by atoms with Crippen LogP contribution < -0.4 is 0 Å². The minimum Gasteiger partial charge on any atom is -0.349 e. The average molecular weight is 451 g/mol. The second-order valence-corrected chi connectivity index (χ2v) is 8.96. The van der Waals surface area contributed by atoms with E-state index in [1.165, 1.54) is 4.90 Å². The Morgan fingerprint density at radius 3 is 1.88 bits per heavy atom. The van der Waals surface area contributed by atoms with Gasteiger partial charge in [0.15, 0.2) is 0 Å². The molecule has 0 aromatic heterocycles. The van der Waals surface area contributed by atoms with Crippen molar-refractivity contribution in [2.45, 2.75) is 18.1 Å². The van der Waals surface area contributed by atoms with E-state index in [1.807, 2.05) is 36.4 Å². The summed E-state index contributed by atoms with van der Waals surface area (Å²) in [6, 6.07) is 25.1. The molecule has 0 N–H and O–H groups in total. The first kappa shape index (κ1) is 20.7. The van der Waals surface area contributed by atoms with E-state index in [-0.39, 0.29) is 17.7 Å². The van der Waals surface area contributed by atoms with Gasteiger partial charge in [-0.1, -0.05) is 84.9 Å². The van der Waals surface area contributed by atoms with Crippen LogP contribution in [0.15, 0.2) is 84.9 Å². The molecule has 0 bridgehead atoms. The first-order valence-corrected chi connectivity index (χ1v) is 11.3. The quantitative estimate of drug-likeness (QED) is 0.449. The summed E-state index contributed by atoms with van der Waals surface area (Å²) in [5.74, 6) is -4.10. The Morgan fingerprint density at radius 1 is 0.706 bits per heavy atom. The summed E-state index contributed by atoms with van der Waals surface area (Å²) in [6.45, 7) is 0.182. The molecule has 0 unspecified atom stereocenters. The number of benzene rings is 3. The lowest BCUT2D eigenvalue weighted by atomic mass is 9.77. The summed E-state index contributed by atoms with van der Waals surface area (Å²) < 4.78 is 6.25. The van der Waals surface area contributed by atoms with Crippen molar-refractivity contribution in [1.82, 2.24) is 4.90 Å². The number of amides is 2. The lowest BCUT2D eigenvalue weighted by molar-refractivity contribution is -0.144. The molecule has 2 aliphatic heterocycles. The van der Waals surface area contributed by atoms with E-state index in [2.05, 4.69) is 0 Å². The molecule has 2 heterocycles. The van der Waals surface area contributed by atoms with E-state index < -0.39 is 46.9 Å². The van der Waals surface area contributed by atoms with E-state index in [9.17, 15) is 19.2 Å². The molecule has 2 fully saturated rings. The van der Waals surface area contributed by atoms with Crippen LogP contribution in [0.4, 0.5) is 0 Å². The molecule has 6 nitrogen and oxygen atoms in total. The zero-order valence-electron chi connectivity index (χ0n) is 18.2. The summed E-state index contributed by atoms with van der Waals surface area (Å²) in [6.07, 6.45) is -0.379. The molecule has 6 rings (SSSR count). The second-order valence-electron chi connectivity index (χ2n) is 8.96. The van der Waals surface area contributed by atoms with Gasteiger partial charge in [-0.05, 0) is 17.5 Å². The van der Waals surface area contributed by atoms with Gasteiger partial charge in [0.2, 0.25) is 29.0 Å². The molecule has 34 heavy (non-hydrogen) atoms. The number of hydrogen-bond acceptors (Lipinski definition) is 5. The van der Waals surface area contributed by atoms with Crippen molar-refractivity contribution in [1.29, 1.82) is 0 Å². The number of fused-ring (bicyclic) bond motifs is 3. The normalized spacial score (nSPS) is 24.7. The zero-order chi connectivity index (χ0) is 23.4. The summed E-state index contributed by atoms with van der Waals surface area (Å²) in [5, 5.41) is 0. The van der Waals surface area contributed by atoms with Crippen LogP contribution in [0.5, 0.6) is 0 Å². The molecule has 0 saturated carbocycles. The topological polar surface area (TPSA) is 80.8 Å². The van der Waals surface area contributed by atoms with Crippen LogP contribution in [0.3, 0.4) is 0 Å². The fraction of sp³-hybridized carbons (Fsp3) is 0.214. The molecule has 168 valence electrons. The van der Waals surface area contributed by atoms with Crippen LogP contribution in [0.25, 0.3) is 0 Å². The largest absolute Gasteiger partial charge is 0.349 e. The van der Waals surface area contributed by atoms with Gasteiger partial charge in [0.25, 0.3) is 0 Å². The van der Waals surface area contributed by atoms with Gasteiger partial charge in [0.05, 0.1) is 17.9 Å². The molecular weight excluding hydrogens is 430 g/mol. The van der Waals surface area contributed by atoms with Gasteiger partial charge < -0.3 is 4.74 Å². The number of likely N-dealkylation sites (tertiary alicyclic amines) is 1. The SMILES string of the molecule is O=C1[C@H]2[C@@H](C(=O)N1CCc1ccccc1)C1(O[C@H]2c2ccccc2)C(=O)c2ccccc2C1=O. The number of hydrogen-bond donors (Lipinski definition) is 0. The first-order chi connectivity index (χ1) is 16.5. The smallest absolute Gasteiger partial charge is 0.237 e. The summed E-state index contributed by atoms with van der Waals surface area (Å²) in [4.78, 5) is 55.9. The van der Waals surface area contributed by atoms with E-state index in [1.54, 1.807) is 48.5 Å². The van der Waals surface area contributed by atoms with E-state index >= 15 is 0 Å². The first-order valence-electron chi connectivity index (χ1n) is 11.3. The van der Waals surface area contributed by atoms with Crippen molar-refractivity contribution in [3.63, 3.8) is 0 Å². The highest BCUT2D eigenvalue weighted by Crippen LogP contribution is 2.57. The minimum absolute atomic E-state index is 0.182. The van der Waals surface area contributed by atoms with Gasteiger partial charge in [-0.3, -0.25) is 24.1 Å². The second kappa shape index (κ2) is 7.57. The molecular formula is C28H21NO5. The number of imide groups is 1. The molecule has 1 aliphatic carbocycles. The van der Waals surface area contributed by atoms with Crippen molar-refractivity contribution in [3.05, 3.63) is 107 Å². The van der Waals surface area contributed by atoms with Crippen LogP contribution in [0.2, 0.25) is 0 Å². The number of ether oxygens (including phenoxy) is 1. The van der Waals surface area contributed by atoms with Crippen LogP contribution in [-0.4, -0.2) is 40.4 Å². The van der Waals surface area contributed by atoms with E-state index in [0.29, 0.717) is 12.0 Å². The molecule has 3 aromatic carbocycles. The van der Waals surface area contributed by atoms with Crippen LogP contribution in [0, 0.1) is 11.8 Å². The molecule has 1 spiro atoms. The van der Waals surface area contributed by atoms with Gasteiger partial charge in [0.1, 0.15) is 0 Å². The lowest BCUT2D eigenvalue weighted by Gasteiger charge is -2.27. The Balaban J connectivity index is 1.43. The standard InChI is InChI=1S/C28H21NO5/c30-24-19-13-7-8-14-20(19)25(31)28(24)22-21(23(34-28)18-11-5-2-6-12-18)26(32)29(27(22)33)16-15-17-9-3-1-4-10-17/h1-14,21-23H,15-16H2/t21-,22-,23-/m0/s1. The highest BCUT2D eigenvalue weighted by atomic mass is 16.5. The maximum atomic E-state index is 13.7. The molecule has 0 radical (unpaired) electrons. The van der Waals surface area contributed by atoms with Crippen LogP contribution in [-0.2, 0) is 20.7 Å². The van der Waals surface area contributed by atoms with Gasteiger partial charge in [0, 0.05) is 17.7 Å². The number of rotatable bonds is 4. The zero-order valence-corrected chi connectivity index (χ0v) is 18.2. The predicted octanol–water partition coefficient (Wildman–Crippen LogP) is 3.42. The van der Waals surface area contributed by atoms with Gasteiger partial charge >= 0.3 is 0 Å². The monoisotopic (exact) mass is 451 g/mol. The predicted molar refractivity (Wildman–Crippen MR) is 122 cm³/mol. The Hall–Kier alpha value is -3.90. The molecule has 3 aliphatic rings.